The number of rotatable bonds is 14. The lowest BCUT2D eigenvalue weighted by atomic mass is 9.82. The van der Waals surface area contributed by atoms with Crippen LogP contribution in [0.4, 0.5) is 13.2 Å². The first-order valence-electron chi connectivity index (χ1n) is 19.5. The standard InChI is InChI=1S/C40H52F3N7O6/c1-5-10-29(32(51)37(55)46-26-15-16-26)47-34(52)28-22-50(21-27(28)24-13-9-14-25(19-24)40(41,42)43)38(56)33(39(2,3)4)49-36(54)31(23-11-7-6-8-12-23)48-35(53)30-20-44-17-18-45-30/h9,13-14,17-20,23,26-29,31,33H,5-8,10-12,15-16,21-22H2,1-4H3,(H,46,55)(H,47,52)(H,48,53)(H,49,54)/t27-,28+,29-,31-,33+/m0/s1. The van der Waals surface area contributed by atoms with E-state index in [9.17, 15) is 41.9 Å². The lowest BCUT2D eigenvalue weighted by molar-refractivity contribution is -0.141. The molecule has 16 heteroatoms. The Bertz CT molecular complexity index is 1760. The smallest absolute Gasteiger partial charge is 0.347 e. The molecule has 304 valence electrons. The van der Waals surface area contributed by atoms with E-state index in [0.29, 0.717) is 19.3 Å². The molecule has 5 rings (SSSR count). The zero-order valence-electron chi connectivity index (χ0n) is 32.3. The minimum Gasteiger partial charge on any atom is -0.347 e. The number of Topliss-reactive ketones (excluding diaryl/α,β-unsaturated/α-hetero) is 1. The van der Waals surface area contributed by atoms with Crippen LogP contribution in [-0.2, 0) is 30.1 Å². The van der Waals surface area contributed by atoms with E-state index in [-0.39, 0.29) is 42.7 Å². The van der Waals surface area contributed by atoms with Gasteiger partial charge in [0.05, 0.1) is 23.7 Å². The van der Waals surface area contributed by atoms with Crippen molar-refractivity contribution < 1.29 is 41.9 Å². The highest BCUT2D eigenvalue weighted by molar-refractivity contribution is 6.38. The molecule has 2 saturated carbocycles. The quantitative estimate of drug-likeness (QED) is 0.207. The average molecular weight is 784 g/mol. The van der Waals surface area contributed by atoms with E-state index in [1.807, 2.05) is 0 Å². The number of aromatic nitrogens is 2. The van der Waals surface area contributed by atoms with Crippen molar-refractivity contribution in [2.75, 3.05) is 13.1 Å². The Labute approximate surface area is 324 Å². The maximum atomic E-state index is 14.6. The Morgan fingerprint density at radius 2 is 1.62 bits per heavy atom. The molecule has 0 spiro atoms. The molecule has 1 aromatic heterocycles. The number of ketones is 1. The third kappa shape index (κ3) is 10.7. The number of hydrogen-bond acceptors (Lipinski definition) is 8. The monoisotopic (exact) mass is 783 g/mol. The molecule has 2 aliphatic carbocycles. The Morgan fingerprint density at radius 3 is 2.23 bits per heavy atom. The van der Waals surface area contributed by atoms with Crippen LogP contribution in [-0.4, -0.2) is 87.4 Å². The van der Waals surface area contributed by atoms with Gasteiger partial charge in [0.1, 0.15) is 17.8 Å². The molecule has 0 unspecified atom stereocenters. The number of benzene rings is 1. The molecule has 1 saturated heterocycles. The summed E-state index contributed by atoms with van der Waals surface area (Å²) >= 11 is 0. The molecule has 1 aliphatic heterocycles. The van der Waals surface area contributed by atoms with E-state index in [1.54, 1.807) is 27.7 Å². The maximum Gasteiger partial charge on any atom is 0.416 e. The lowest BCUT2D eigenvalue weighted by Crippen LogP contribution is -2.60. The molecule has 56 heavy (non-hydrogen) atoms. The number of nitrogens with one attached hydrogen (secondary N) is 4. The Hall–Kier alpha value is -4.89. The van der Waals surface area contributed by atoms with Crippen LogP contribution < -0.4 is 21.3 Å². The van der Waals surface area contributed by atoms with Gasteiger partial charge in [-0.3, -0.25) is 33.8 Å². The number of nitrogens with zero attached hydrogens (tertiary/aromatic N) is 3. The van der Waals surface area contributed by atoms with E-state index in [1.165, 1.54) is 35.6 Å². The highest BCUT2D eigenvalue weighted by Gasteiger charge is 2.47. The van der Waals surface area contributed by atoms with Crippen LogP contribution in [0.2, 0.25) is 0 Å². The van der Waals surface area contributed by atoms with Crippen molar-refractivity contribution in [3.05, 3.63) is 59.7 Å². The van der Waals surface area contributed by atoms with Crippen molar-refractivity contribution in [2.45, 2.75) is 122 Å². The van der Waals surface area contributed by atoms with E-state index < -0.39 is 82.4 Å². The van der Waals surface area contributed by atoms with Gasteiger partial charge in [0.15, 0.2) is 0 Å². The van der Waals surface area contributed by atoms with Crippen molar-refractivity contribution >= 4 is 35.3 Å². The summed E-state index contributed by atoms with van der Waals surface area (Å²) in [6.45, 7) is 6.65. The summed E-state index contributed by atoms with van der Waals surface area (Å²) < 4.78 is 41.6. The van der Waals surface area contributed by atoms with E-state index in [4.69, 9.17) is 0 Å². The fourth-order valence-corrected chi connectivity index (χ4v) is 7.57. The summed E-state index contributed by atoms with van der Waals surface area (Å²) in [7, 11) is 0. The molecule has 0 radical (unpaired) electrons. The SMILES string of the molecule is CCC[C@H](NC(=O)[C@@H]1CN(C(=O)[C@@H](NC(=O)[C@@H](NC(=O)c2cnccn2)C2CCCCC2)C(C)(C)C)C[C@H]1c1cccc(C(F)(F)F)c1)C(=O)C(=O)NC1CC1. The molecule has 13 nitrogen and oxygen atoms in total. The molecule has 1 aromatic carbocycles. The van der Waals surface area contributed by atoms with Crippen LogP contribution in [0.5, 0.6) is 0 Å². The number of carbonyl (C=O) groups is 6. The molecule has 5 atom stereocenters. The summed E-state index contributed by atoms with van der Waals surface area (Å²) in [5.74, 6) is -6.28. The van der Waals surface area contributed by atoms with Crippen LogP contribution in [0, 0.1) is 17.3 Å². The molecule has 5 amide bonds. The van der Waals surface area contributed by atoms with Crippen molar-refractivity contribution in [3.63, 3.8) is 0 Å². The predicted octanol–water partition coefficient (Wildman–Crippen LogP) is 4.08. The second-order valence-electron chi connectivity index (χ2n) is 16.3. The minimum atomic E-state index is -4.67. The third-order valence-corrected chi connectivity index (χ3v) is 10.8. The fraction of sp³-hybridized carbons (Fsp3) is 0.600. The molecule has 3 aliphatic rings. The minimum absolute atomic E-state index is 0.0259. The van der Waals surface area contributed by atoms with Gasteiger partial charge in [-0.2, -0.15) is 13.2 Å². The normalized spacial score (nSPS) is 20.7. The first-order valence-corrected chi connectivity index (χ1v) is 19.5. The number of likely N-dealkylation sites (tertiary alicyclic amines) is 1. The second kappa shape index (κ2) is 17.9. The zero-order valence-corrected chi connectivity index (χ0v) is 32.3. The van der Waals surface area contributed by atoms with Gasteiger partial charge in [0, 0.05) is 37.4 Å². The predicted molar refractivity (Wildman–Crippen MR) is 199 cm³/mol. The second-order valence-corrected chi connectivity index (χ2v) is 16.3. The number of alkyl halides is 3. The Balaban J connectivity index is 1.41. The van der Waals surface area contributed by atoms with Crippen LogP contribution in [0.1, 0.15) is 113 Å². The van der Waals surface area contributed by atoms with Gasteiger partial charge >= 0.3 is 6.18 Å². The number of halogens is 3. The average Bonchev–Trinajstić information content (AvgIpc) is 3.87. The summed E-state index contributed by atoms with van der Waals surface area (Å²) in [4.78, 5) is 91.2. The number of carbonyl (C=O) groups excluding carboxylic acids is 6. The highest BCUT2D eigenvalue weighted by atomic mass is 19.4. The molecule has 2 aromatic rings. The van der Waals surface area contributed by atoms with E-state index >= 15 is 0 Å². The zero-order chi connectivity index (χ0) is 40.8. The first kappa shape index (κ1) is 42.3. The molecule has 2 heterocycles. The summed E-state index contributed by atoms with van der Waals surface area (Å²) in [5.41, 5.74) is -1.62. The van der Waals surface area contributed by atoms with Crippen LogP contribution in [0.25, 0.3) is 0 Å². The van der Waals surface area contributed by atoms with Crippen molar-refractivity contribution in [2.24, 2.45) is 17.3 Å². The van der Waals surface area contributed by atoms with Crippen LogP contribution >= 0.6 is 0 Å². The van der Waals surface area contributed by atoms with Gasteiger partial charge in [-0.15, -0.1) is 0 Å². The van der Waals surface area contributed by atoms with Gasteiger partial charge in [-0.25, -0.2) is 4.98 Å². The van der Waals surface area contributed by atoms with E-state index in [2.05, 4.69) is 31.2 Å². The fourth-order valence-electron chi connectivity index (χ4n) is 7.57. The first-order chi connectivity index (χ1) is 26.5. The van der Waals surface area contributed by atoms with Gasteiger partial charge < -0.3 is 26.2 Å². The topological polar surface area (TPSA) is 180 Å². The van der Waals surface area contributed by atoms with Crippen molar-refractivity contribution in [1.82, 2.24) is 36.1 Å². The lowest BCUT2D eigenvalue weighted by Gasteiger charge is -2.36. The third-order valence-electron chi connectivity index (χ3n) is 10.8. The highest BCUT2D eigenvalue weighted by Crippen LogP contribution is 2.38. The van der Waals surface area contributed by atoms with Gasteiger partial charge in [-0.05, 0) is 55.1 Å². The molecule has 3 fully saturated rings. The van der Waals surface area contributed by atoms with Gasteiger partial charge in [-0.1, -0.05) is 71.6 Å². The van der Waals surface area contributed by atoms with Crippen molar-refractivity contribution in [3.8, 4) is 0 Å². The van der Waals surface area contributed by atoms with Crippen LogP contribution in [0.3, 0.4) is 0 Å². The number of hydrogen-bond donors (Lipinski definition) is 4. The summed E-state index contributed by atoms with van der Waals surface area (Å²) in [6.07, 6.45) is 5.58. The molecule has 4 N–H and O–H groups in total. The maximum absolute atomic E-state index is 14.6. The largest absolute Gasteiger partial charge is 0.416 e. The summed E-state index contributed by atoms with van der Waals surface area (Å²) in [5, 5.41) is 11.0. The van der Waals surface area contributed by atoms with Gasteiger partial charge in [0.25, 0.3) is 11.8 Å². The van der Waals surface area contributed by atoms with Crippen molar-refractivity contribution in [1.29, 1.82) is 0 Å². The van der Waals surface area contributed by atoms with E-state index in [0.717, 1.165) is 44.2 Å². The van der Waals surface area contributed by atoms with Crippen LogP contribution in [0.15, 0.2) is 42.9 Å². The summed E-state index contributed by atoms with van der Waals surface area (Å²) in [6, 6.07) is 1.14. The molecular weight excluding hydrogens is 731 g/mol. The number of amides is 5. The Kier molecular flexibility index (Phi) is 13.5. The molecule has 0 bridgehead atoms. The van der Waals surface area contributed by atoms with Gasteiger partial charge in [0.2, 0.25) is 23.5 Å². The molecular formula is C40H52F3N7O6. The Morgan fingerprint density at radius 1 is 0.911 bits per heavy atom.